The smallest absolute Gasteiger partial charge is 0.0404 e. The number of fused-ring (bicyclic) bond motifs is 2. The normalized spacial score (nSPS) is 9.60. The summed E-state index contributed by atoms with van der Waals surface area (Å²) in [6.45, 7) is 11.9. The van der Waals surface area contributed by atoms with Crippen molar-refractivity contribution in [3.63, 3.8) is 0 Å². The Hall–Kier alpha value is -3.20. The zero-order valence-electron chi connectivity index (χ0n) is 24.4. The number of hydrogen-bond acceptors (Lipinski definition) is 2. The summed E-state index contributed by atoms with van der Waals surface area (Å²) in [7, 11) is 0. The van der Waals surface area contributed by atoms with E-state index in [1.807, 2.05) is 64.1 Å². The average molecular weight is 622 g/mol. The Morgan fingerprint density at radius 1 is 0.500 bits per heavy atom. The van der Waals surface area contributed by atoms with Crippen LogP contribution in [-0.2, 0) is 23.3 Å². The zero-order chi connectivity index (χ0) is 29.5. The SMILES string of the molecule is C[Si](C)=[Zr+2].Cc1cccc(C)c1[O-].Cc1cccc(C)c1[O-].c1ccc2[cH-]ccc2c1.c1ccc2[cH-]ccc2c1. The molecule has 6 aromatic rings. The number of benzene rings is 4. The molecule has 0 aliphatic rings. The maximum absolute atomic E-state index is 11.0. The van der Waals surface area contributed by atoms with Gasteiger partial charge in [-0.1, -0.05) is 70.8 Å². The van der Waals surface area contributed by atoms with Crippen molar-refractivity contribution in [3.8, 4) is 11.5 Å². The zero-order valence-corrected chi connectivity index (χ0v) is 27.8. The van der Waals surface area contributed by atoms with Gasteiger partial charge in [0.15, 0.2) is 0 Å². The minimum absolute atomic E-state index is 0.164. The molecule has 0 bridgehead atoms. The van der Waals surface area contributed by atoms with Crippen LogP contribution in [0.2, 0.25) is 13.1 Å². The van der Waals surface area contributed by atoms with E-state index >= 15 is 0 Å². The second-order valence-corrected chi connectivity index (χ2v) is 19.1. The third-order valence-electron chi connectivity index (χ3n) is 5.91. The Balaban J connectivity index is 0.000000179. The van der Waals surface area contributed by atoms with Crippen molar-refractivity contribution >= 4 is 27.0 Å². The van der Waals surface area contributed by atoms with Gasteiger partial charge in [-0.05, 0) is 27.7 Å². The molecule has 6 rings (SSSR count). The molecule has 0 saturated heterocycles. The van der Waals surface area contributed by atoms with Gasteiger partial charge in [-0.25, -0.2) is 0 Å². The average Bonchev–Trinajstić information content (AvgIpc) is 3.61. The topological polar surface area (TPSA) is 46.1 Å². The summed E-state index contributed by atoms with van der Waals surface area (Å²) in [6.07, 6.45) is 0. The fraction of sp³-hybridized carbons (Fsp3) is 0.167. The Labute approximate surface area is 255 Å². The van der Waals surface area contributed by atoms with Crippen LogP contribution in [0.1, 0.15) is 22.3 Å². The molecule has 0 N–H and O–H groups in total. The van der Waals surface area contributed by atoms with Crippen molar-refractivity contribution in [2.24, 2.45) is 0 Å². The van der Waals surface area contributed by atoms with Crippen molar-refractivity contribution in [2.45, 2.75) is 40.8 Å². The molecular weight excluding hydrogens is 584 g/mol. The molecule has 0 amide bonds. The predicted molar refractivity (Wildman–Crippen MR) is 167 cm³/mol. The van der Waals surface area contributed by atoms with Gasteiger partial charge in [-0.2, -0.15) is 35.0 Å². The van der Waals surface area contributed by atoms with E-state index < -0.39 is 0 Å². The van der Waals surface area contributed by atoms with Crippen LogP contribution in [0.25, 0.3) is 21.5 Å². The van der Waals surface area contributed by atoms with E-state index in [1.54, 1.807) is 23.3 Å². The van der Waals surface area contributed by atoms with Gasteiger partial charge in [-0.15, -0.1) is 70.8 Å². The molecule has 0 heterocycles. The van der Waals surface area contributed by atoms with E-state index in [-0.39, 0.29) is 16.9 Å². The van der Waals surface area contributed by atoms with E-state index in [4.69, 9.17) is 0 Å². The maximum atomic E-state index is 11.0. The fourth-order valence-electron chi connectivity index (χ4n) is 3.74. The maximum Gasteiger partial charge on any atom is -0.0404 e. The van der Waals surface area contributed by atoms with Gasteiger partial charge in [0.25, 0.3) is 0 Å². The number of rotatable bonds is 0. The Kier molecular flexibility index (Phi) is 14.4. The van der Waals surface area contributed by atoms with Crippen molar-refractivity contribution in [1.29, 1.82) is 0 Å². The van der Waals surface area contributed by atoms with Crippen LogP contribution in [0, 0.1) is 27.7 Å². The van der Waals surface area contributed by atoms with Crippen LogP contribution in [0.3, 0.4) is 0 Å². The fourth-order valence-corrected chi connectivity index (χ4v) is 3.74. The van der Waals surface area contributed by atoms with Crippen molar-refractivity contribution < 1.29 is 33.5 Å². The molecule has 4 heteroatoms. The van der Waals surface area contributed by atoms with Crippen LogP contribution in [0.4, 0.5) is 0 Å². The first-order valence-corrected chi connectivity index (χ1v) is 19.5. The van der Waals surface area contributed by atoms with Crippen LogP contribution >= 0.6 is 0 Å². The molecule has 0 atom stereocenters. The first kappa shape index (κ1) is 33.0. The van der Waals surface area contributed by atoms with Gasteiger partial charge in [-0.3, -0.25) is 0 Å². The van der Waals surface area contributed by atoms with E-state index in [0.29, 0.717) is 0 Å². The van der Waals surface area contributed by atoms with Gasteiger partial charge in [0, 0.05) is 0 Å². The second-order valence-electron chi connectivity index (χ2n) is 9.75. The van der Waals surface area contributed by atoms with E-state index in [2.05, 4.69) is 98.0 Å². The van der Waals surface area contributed by atoms with Gasteiger partial charge in [0.05, 0.1) is 0 Å². The molecule has 0 fully saturated rings. The van der Waals surface area contributed by atoms with Gasteiger partial charge < -0.3 is 10.2 Å². The summed E-state index contributed by atoms with van der Waals surface area (Å²) < 4.78 is 0. The minimum atomic E-state index is 0.164. The summed E-state index contributed by atoms with van der Waals surface area (Å²) in [5.74, 6) is 0.329. The van der Waals surface area contributed by atoms with E-state index in [1.165, 1.54) is 21.5 Å². The summed E-state index contributed by atoms with van der Waals surface area (Å²) >= 11 is 1.74. The number of aryl methyl sites for hydroxylation is 4. The van der Waals surface area contributed by atoms with Crippen LogP contribution in [-0.4, -0.2) is 5.43 Å². The Bertz CT molecular complexity index is 1390. The molecule has 0 radical (unpaired) electrons. The molecule has 6 aromatic carbocycles. The van der Waals surface area contributed by atoms with Crippen molar-refractivity contribution in [2.75, 3.05) is 0 Å². The third-order valence-corrected chi connectivity index (χ3v) is 5.91. The van der Waals surface area contributed by atoms with Crippen molar-refractivity contribution in [1.82, 2.24) is 0 Å². The molecule has 0 aromatic heterocycles. The van der Waals surface area contributed by atoms with Crippen LogP contribution in [0.15, 0.2) is 121 Å². The largest absolute Gasteiger partial charge is 0.872 e. The molecule has 0 aliphatic carbocycles. The molecule has 2 nitrogen and oxygen atoms in total. The van der Waals surface area contributed by atoms with Gasteiger partial charge in [0.2, 0.25) is 0 Å². The predicted octanol–water partition coefficient (Wildman–Crippen LogP) is 8.66. The number of hydrogen-bond donors (Lipinski definition) is 0. The van der Waals surface area contributed by atoms with Crippen LogP contribution < -0.4 is 10.2 Å². The summed E-state index contributed by atoms with van der Waals surface area (Å²) in [4.78, 5) is 0. The molecule has 0 spiro atoms. The third kappa shape index (κ3) is 11.5. The monoisotopic (exact) mass is 620 g/mol. The molecule has 204 valence electrons. The standard InChI is InChI=1S/2C9H7.2C8H10O.C2H6Si.Zr/c2*1-2-5-9-7-3-6-8(9)4-1;2*1-6-4-3-5-7(2)8(6)9;1-3-2;/h2*1-7H;2*3-5,9H,1-2H3;1-2H3;/q2*-1;;;;+2/p-2. The van der Waals surface area contributed by atoms with Gasteiger partial charge in [0.1, 0.15) is 0 Å². The molecular formula is C36H38O2SiZr-2. The molecule has 0 saturated carbocycles. The quantitative estimate of drug-likeness (QED) is 0.126. The minimum Gasteiger partial charge on any atom is -0.872 e. The summed E-state index contributed by atoms with van der Waals surface area (Å²) in [5, 5.41) is 27.3. The molecule has 0 unspecified atom stereocenters. The Morgan fingerprint density at radius 2 is 0.800 bits per heavy atom. The second kappa shape index (κ2) is 17.5. The summed E-state index contributed by atoms with van der Waals surface area (Å²) in [6, 6.07) is 40.4. The van der Waals surface area contributed by atoms with Crippen molar-refractivity contribution in [3.05, 3.63) is 144 Å². The summed E-state index contributed by atoms with van der Waals surface area (Å²) in [5.41, 5.74) is 3.53. The van der Waals surface area contributed by atoms with Crippen LogP contribution in [0.5, 0.6) is 11.5 Å². The number of para-hydroxylation sites is 2. The van der Waals surface area contributed by atoms with E-state index in [9.17, 15) is 10.2 Å². The molecule has 0 aliphatic heterocycles. The first-order valence-electron chi connectivity index (χ1n) is 13.3. The molecule has 40 heavy (non-hydrogen) atoms. The first-order chi connectivity index (χ1) is 19.1. The van der Waals surface area contributed by atoms with E-state index in [0.717, 1.165) is 22.3 Å². The Morgan fingerprint density at radius 3 is 1.07 bits per heavy atom. The van der Waals surface area contributed by atoms with Gasteiger partial charge >= 0.3 is 41.9 Å².